The third-order valence-corrected chi connectivity index (χ3v) is 1.82. The molecular formula is C11H7N3. The molecule has 0 saturated heterocycles. The Morgan fingerprint density at radius 1 is 1.07 bits per heavy atom. The van der Waals surface area contributed by atoms with E-state index in [2.05, 4.69) is 9.97 Å². The van der Waals surface area contributed by atoms with E-state index in [1.807, 2.05) is 36.4 Å². The van der Waals surface area contributed by atoms with Crippen molar-refractivity contribution >= 4 is 0 Å². The van der Waals surface area contributed by atoms with Gasteiger partial charge in [-0.05, 0) is 0 Å². The third-order valence-electron chi connectivity index (χ3n) is 1.82. The van der Waals surface area contributed by atoms with E-state index in [-0.39, 0.29) is 0 Å². The number of benzene rings is 1. The van der Waals surface area contributed by atoms with Crippen LogP contribution in [0.1, 0.15) is 5.69 Å². The average molecular weight is 181 g/mol. The van der Waals surface area contributed by atoms with Gasteiger partial charge < -0.3 is 0 Å². The highest BCUT2D eigenvalue weighted by molar-refractivity contribution is 5.58. The molecule has 0 amide bonds. The molecule has 0 fully saturated rings. The van der Waals surface area contributed by atoms with Gasteiger partial charge >= 0.3 is 0 Å². The maximum absolute atomic E-state index is 8.66. The van der Waals surface area contributed by atoms with Gasteiger partial charge in [-0.3, -0.25) is 4.98 Å². The fourth-order valence-electron chi connectivity index (χ4n) is 1.17. The molecule has 2 rings (SSSR count). The van der Waals surface area contributed by atoms with Gasteiger partial charge in [0.1, 0.15) is 6.07 Å². The van der Waals surface area contributed by atoms with Crippen molar-refractivity contribution in [2.45, 2.75) is 0 Å². The van der Waals surface area contributed by atoms with E-state index in [1.165, 1.54) is 6.20 Å². The van der Waals surface area contributed by atoms with Crippen molar-refractivity contribution in [1.29, 1.82) is 5.26 Å². The summed E-state index contributed by atoms with van der Waals surface area (Å²) in [6, 6.07) is 11.6. The second-order valence-corrected chi connectivity index (χ2v) is 2.77. The molecule has 0 spiro atoms. The van der Waals surface area contributed by atoms with Crippen LogP contribution in [0.15, 0.2) is 42.7 Å². The molecule has 3 nitrogen and oxygen atoms in total. The van der Waals surface area contributed by atoms with E-state index in [0.717, 1.165) is 11.3 Å². The minimum absolute atomic E-state index is 0.339. The first-order valence-electron chi connectivity index (χ1n) is 4.18. The van der Waals surface area contributed by atoms with Gasteiger partial charge in [-0.15, -0.1) is 0 Å². The second kappa shape index (κ2) is 3.67. The van der Waals surface area contributed by atoms with Gasteiger partial charge in [0.15, 0.2) is 5.69 Å². The molecule has 1 aromatic carbocycles. The van der Waals surface area contributed by atoms with Crippen LogP contribution in [0.25, 0.3) is 11.3 Å². The highest BCUT2D eigenvalue weighted by atomic mass is 14.8. The number of aromatic nitrogens is 2. The van der Waals surface area contributed by atoms with E-state index in [4.69, 9.17) is 5.26 Å². The van der Waals surface area contributed by atoms with E-state index in [9.17, 15) is 0 Å². The molecule has 3 heteroatoms. The predicted molar refractivity (Wildman–Crippen MR) is 52.2 cm³/mol. The van der Waals surface area contributed by atoms with Crippen LogP contribution >= 0.6 is 0 Å². The minimum atomic E-state index is 0.339. The van der Waals surface area contributed by atoms with Crippen LogP contribution in [-0.2, 0) is 0 Å². The standard InChI is InChI=1S/C11H7N3/c12-6-10-7-13-8-11(14-10)9-4-2-1-3-5-9/h1-5,7-8H. The molecule has 0 aliphatic heterocycles. The fraction of sp³-hybridized carbons (Fsp3) is 0. The minimum Gasteiger partial charge on any atom is -0.259 e. The predicted octanol–water partition coefficient (Wildman–Crippen LogP) is 2.02. The normalized spacial score (nSPS) is 9.36. The summed E-state index contributed by atoms with van der Waals surface area (Å²) in [5.74, 6) is 0. The van der Waals surface area contributed by atoms with Gasteiger partial charge in [0.2, 0.25) is 0 Å². The molecule has 0 unspecified atom stereocenters. The Morgan fingerprint density at radius 3 is 2.57 bits per heavy atom. The summed E-state index contributed by atoms with van der Waals surface area (Å²) >= 11 is 0. The Kier molecular flexibility index (Phi) is 2.20. The molecule has 1 aromatic heterocycles. The topological polar surface area (TPSA) is 49.6 Å². The van der Waals surface area contributed by atoms with E-state index >= 15 is 0 Å². The molecule has 0 atom stereocenters. The highest BCUT2D eigenvalue weighted by Crippen LogP contribution is 2.14. The Labute approximate surface area is 81.7 Å². The van der Waals surface area contributed by atoms with Crippen LogP contribution < -0.4 is 0 Å². The van der Waals surface area contributed by atoms with Gasteiger partial charge in [-0.25, -0.2) is 4.98 Å². The Balaban J connectivity index is 2.49. The number of hydrogen-bond acceptors (Lipinski definition) is 3. The zero-order chi connectivity index (χ0) is 9.80. The molecule has 0 N–H and O–H groups in total. The molecule has 0 radical (unpaired) electrons. The molecule has 0 aliphatic rings. The lowest BCUT2D eigenvalue weighted by Gasteiger charge is -1.98. The second-order valence-electron chi connectivity index (χ2n) is 2.77. The summed E-state index contributed by atoms with van der Waals surface area (Å²) in [5, 5.41) is 8.66. The first kappa shape index (κ1) is 8.39. The summed E-state index contributed by atoms with van der Waals surface area (Å²) in [7, 11) is 0. The molecule has 1 heterocycles. The monoisotopic (exact) mass is 181 g/mol. The number of rotatable bonds is 1. The summed E-state index contributed by atoms with van der Waals surface area (Å²) in [4.78, 5) is 8.08. The van der Waals surface area contributed by atoms with Crippen LogP contribution in [0.2, 0.25) is 0 Å². The number of hydrogen-bond donors (Lipinski definition) is 0. The van der Waals surface area contributed by atoms with Crippen molar-refractivity contribution in [3.05, 3.63) is 48.4 Å². The van der Waals surface area contributed by atoms with E-state index in [0.29, 0.717) is 5.69 Å². The molecule has 0 aliphatic carbocycles. The van der Waals surface area contributed by atoms with Gasteiger partial charge in [0.25, 0.3) is 0 Å². The van der Waals surface area contributed by atoms with Crippen molar-refractivity contribution in [2.24, 2.45) is 0 Å². The molecule has 14 heavy (non-hydrogen) atoms. The van der Waals surface area contributed by atoms with Gasteiger partial charge in [-0.2, -0.15) is 5.26 Å². The van der Waals surface area contributed by atoms with Gasteiger partial charge in [0.05, 0.1) is 18.1 Å². The van der Waals surface area contributed by atoms with E-state index < -0.39 is 0 Å². The fourth-order valence-corrected chi connectivity index (χ4v) is 1.17. The molecule has 0 saturated carbocycles. The van der Waals surface area contributed by atoms with Crippen molar-refractivity contribution in [1.82, 2.24) is 9.97 Å². The van der Waals surface area contributed by atoms with Crippen LogP contribution in [0.4, 0.5) is 0 Å². The zero-order valence-electron chi connectivity index (χ0n) is 7.38. The molecule has 2 aromatic rings. The zero-order valence-corrected chi connectivity index (χ0v) is 7.38. The Hall–Kier alpha value is -2.21. The summed E-state index contributed by atoms with van der Waals surface area (Å²) in [6.07, 6.45) is 3.10. The largest absolute Gasteiger partial charge is 0.259 e. The van der Waals surface area contributed by atoms with E-state index in [1.54, 1.807) is 6.20 Å². The van der Waals surface area contributed by atoms with Crippen LogP contribution in [0.5, 0.6) is 0 Å². The Morgan fingerprint density at radius 2 is 1.86 bits per heavy atom. The first-order chi connectivity index (χ1) is 6.90. The lowest BCUT2D eigenvalue weighted by molar-refractivity contribution is 1.17. The quantitative estimate of drug-likeness (QED) is 0.676. The van der Waals surface area contributed by atoms with Crippen molar-refractivity contribution in [3.63, 3.8) is 0 Å². The summed E-state index contributed by atoms with van der Waals surface area (Å²) in [5.41, 5.74) is 2.04. The van der Waals surface area contributed by atoms with Crippen LogP contribution in [0, 0.1) is 11.3 Å². The number of nitrogens with zero attached hydrogens (tertiary/aromatic N) is 3. The van der Waals surface area contributed by atoms with Crippen molar-refractivity contribution in [2.75, 3.05) is 0 Å². The number of nitriles is 1. The molecule has 0 bridgehead atoms. The maximum Gasteiger partial charge on any atom is 0.159 e. The highest BCUT2D eigenvalue weighted by Gasteiger charge is 1.99. The molecule has 66 valence electrons. The summed E-state index contributed by atoms with van der Waals surface area (Å²) in [6.45, 7) is 0. The lowest BCUT2D eigenvalue weighted by atomic mass is 10.2. The SMILES string of the molecule is N#Cc1cncc(-c2ccccc2)n1. The van der Waals surface area contributed by atoms with Crippen molar-refractivity contribution < 1.29 is 0 Å². The summed E-state index contributed by atoms with van der Waals surface area (Å²) < 4.78 is 0. The van der Waals surface area contributed by atoms with Crippen LogP contribution in [-0.4, -0.2) is 9.97 Å². The van der Waals surface area contributed by atoms with Crippen LogP contribution in [0.3, 0.4) is 0 Å². The van der Waals surface area contributed by atoms with Gasteiger partial charge in [-0.1, -0.05) is 30.3 Å². The Bertz CT molecular complexity index is 471. The third kappa shape index (κ3) is 1.59. The average Bonchev–Trinajstić information content (AvgIpc) is 2.30. The maximum atomic E-state index is 8.66. The molecular weight excluding hydrogens is 174 g/mol. The smallest absolute Gasteiger partial charge is 0.159 e. The van der Waals surface area contributed by atoms with Crippen molar-refractivity contribution in [3.8, 4) is 17.3 Å². The lowest BCUT2D eigenvalue weighted by Crippen LogP contribution is -1.88. The first-order valence-corrected chi connectivity index (χ1v) is 4.18. The van der Waals surface area contributed by atoms with Gasteiger partial charge in [0, 0.05) is 5.56 Å².